The second-order valence-corrected chi connectivity index (χ2v) is 6.56. The summed E-state index contributed by atoms with van der Waals surface area (Å²) in [6.07, 6.45) is 0.440. The molecular weight excluding hydrogens is 322 g/mol. The molecule has 0 unspecified atom stereocenters. The van der Waals surface area contributed by atoms with E-state index in [-0.39, 0.29) is 11.9 Å². The molecule has 0 saturated carbocycles. The van der Waals surface area contributed by atoms with E-state index in [1.165, 1.54) is 5.56 Å². The predicted molar refractivity (Wildman–Crippen MR) is 106 cm³/mol. The van der Waals surface area contributed by atoms with Crippen molar-refractivity contribution in [2.45, 2.75) is 39.3 Å². The van der Waals surface area contributed by atoms with E-state index < -0.39 is 6.10 Å². The van der Waals surface area contributed by atoms with Gasteiger partial charge in [0.2, 0.25) is 0 Å². The topological polar surface area (TPSA) is 38.3 Å². The van der Waals surface area contributed by atoms with E-state index in [4.69, 9.17) is 4.74 Å². The largest absolute Gasteiger partial charge is 0.480 e. The summed E-state index contributed by atoms with van der Waals surface area (Å²) in [4.78, 5) is 12.6. The Morgan fingerprint density at radius 2 is 1.65 bits per heavy atom. The third-order valence-electron chi connectivity index (χ3n) is 4.67. The predicted octanol–water partition coefficient (Wildman–Crippen LogP) is 5.05. The number of aryl methyl sites for hydroxylation is 1. The average molecular weight is 347 g/mol. The molecule has 2 atom stereocenters. The fourth-order valence-electron chi connectivity index (χ4n) is 3.00. The number of carbonyl (C=O) groups excluding carboxylic acids is 1. The number of ether oxygens (including phenoxy) is 1. The van der Waals surface area contributed by atoms with Crippen LogP contribution in [0.15, 0.2) is 66.7 Å². The van der Waals surface area contributed by atoms with Gasteiger partial charge in [-0.15, -0.1) is 0 Å². The molecule has 0 spiro atoms. The van der Waals surface area contributed by atoms with Gasteiger partial charge in [-0.2, -0.15) is 0 Å². The highest BCUT2D eigenvalue weighted by Gasteiger charge is 2.18. The average Bonchev–Trinajstić information content (AvgIpc) is 2.68. The van der Waals surface area contributed by atoms with Gasteiger partial charge in [0.05, 0.1) is 6.04 Å². The summed E-state index contributed by atoms with van der Waals surface area (Å²) in [6.45, 7) is 5.90. The summed E-state index contributed by atoms with van der Waals surface area (Å²) < 4.78 is 5.95. The number of fused-ring (bicyclic) bond motifs is 1. The summed E-state index contributed by atoms with van der Waals surface area (Å²) in [5.74, 6) is 0.607. The molecule has 3 nitrogen and oxygen atoms in total. The molecule has 134 valence electrons. The summed E-state index contributed by atoms with van der Waals surface area (Å²) in [6, 6.07) is 22.2. The van der Waals surface area contributed by atoms with Crippen LogP contribution < -0.4 is 10.1 Å². The number of amides is 1. The second-order valence-electron chi connectivity index (χ2n) is 6.56. The molecule has 3 heteroatoms. The zero-order valence-corrected chi connectivity index (χ0v) is 15.5. The van der Waals surface area contributed by atoms with Crippen LogP contribution in [0.2, 0.25) is 0 Å². The zero-order chi connectivity index (χ0) is 18.5. The van der Waals surface area contributed by atoms with Crippen LogP contribution in [-0.4, -0.2) is 12.0 Å². The lowest BCUT2D eigenvalue weighted by Gasteiger charge is -2.20. The first-order valence-corrected chi connectivity index (χ1v) is 9.12. The summed E-state index contributed by atoms with van der Waals surface area (Å²) >= 11 is 0. The maximum Gasteiger partial charge on any atom is 0.261 e. The lowest BCUT2D eigenvalue weighted by Crippen LogP contribution is -2.37. The molecule has 0 radical (unpaired) electrons. The Bertz CT molecular complexity index is 881. The van der Waals surface area contributed by atoms with E-state index in [9.17, 15) is 4.79 Å². The van der Waals surface area contributed by atoms with Gasteiger partial charge in [0, 0.05) is 5.39 Å². The van der Waals surface area contributed by atoms with Gasteiger partial charge in [-0.25, -0.2) is 0 Å². The van der Waals surface area contributed by atoms with Gasteiger partial charge in [0.15, 0.2) is 6.10 Å². The van der Waals surface area contributed by atoms with Crippen molar-refractivity contribution in [3.63, 3.8) is 0 Å². The molecule has 0 fully saturated rings. The van der Waals surface area contributed by atoms with E-state index >= 15 is 0 Å². The van der Waals surface area contributed by atoms with Crippen molar-refractivity contribution in [3.05, 3.63) is 77.9 Å². The SMILES string of the molecule is CCc1ccc([C@H](C)NC(=O)[C@@H](C)Oc2cccc3ccccc23)cc1. The molecule has 0 saturated heterocycles. The minimum atomic E-state index is -0.571. The van der Waals surface area contributed by atoms with Gasteiger partial charge in [-0.3, -0.25) is 4.79 Å². The lowest BCUT2D eigenvalue weighted by atomic mass is 10.0. The third-order valence-corrected chi connectivity index (χ3v) is 4.67. The number of nitrogens with one attached hydrogen (secondary N) is 1. The summed E-state index contributed by atoms with van der Waals surface area (Å²) in [5.41, 5.74) is 2.38. The number of hydrogen-bond acceptors (Lipinski definition) is 2. The fraction of sp³-hybridized carbons (Fsp3) is 0.261. The Balaban J connectivity index is 1.67. The van der Waals surface area contributed by atoms with Crippen molar-refractivity contribution in [2.75, 3.05) is 0 Å². The van der Waals surface area contributed by atoms with Crippen LogP contribution in [0.3, 0.4) is 0 Å². The van der Waals surface area contributed by atoms with E-state index in [0.717, 1.165) is 28.5 Å². The molecule has 0 heterocycles. The molecule has 1 N–H and O–H groups in total. The molecule has 3 aromatic rings. The Morgan fingerprint density at radius 1 is 0.962 bits per heavy atom. The van der Waals surface area contributed by atoms with Crippen LogP contribution in [0.25, 0.3) is 10.8 Å². The Labute approximate surface area is 155 Å². The van der Waals surface area contributed by atoms with Crippen molar-refractivity contribution >= 4 is 16.7 Å². The molecule has 3 aromatic carbocycles. The minimum Gasteiger partial charge on any atom is -0.480 e. The maximum absolute atomic E-state index is 12.6. The van der Waals surface area contributed by atoms with Crippen molar-refractivity contribution < 1.29 is 9.53 Å². The smallest absolute Gasteiger partial charge is 0.261 e. The van der Waals surface area contributed by atoms with Gasteiger partial charge in [-0.05, 0) is 42.8 Å². The van der Waals surface area contributed by atoms with Gasteiger partial charge >= 0.3 is 0 Å². The molecule has 0 aromatic heterocycles. The molecule has 0 aliphatic heterocycles. The lowest BCUT2D eigenvalue weighted by molar-refractivity contribution is -0.127. The molecule has 1 amide bonds. The molecule has 0 aliphatic carbocycles. The van der Waals surface area contributed by atoms with E-state index in [1.54, 1.807) is 6.92 Å². The van der Waals surface area contributed by atoms with Crippen molar-refractivity contribution in [3.8, 4) is 5.75 Å². The number of benzene rings is 3. The van der Waals surface area contributed by atoms with Crippen LogP contribution >= 0.6 is 0 Å². The normalized spacial score (nSPS) is 13.2. The highest BCUT2D eigenvalue weighted by Crippen LogP contribution is 2.26. The Hall–Kier alpha value is -2.81. The van der Waals surface area contributed by atoms with Crippen LogP contribution in [0.1, 0.15) is 37.9 Å². The number of rotatable bonds is 6. The van der Waals surface area contributed by atoms with Crippen molar-refractivity contribution in [2.24, 2.45) is 0 Å². The van der Waals surface area contributed by atoms with E-state index in [2.05, 4.69) is 36.5 Å². The molecule has 3 rings (SSSR count). The van der Waals surface area contributed by atoms with E-state index in [0.29, 0.717) is 0 Å². The highest BCUT2D eigenvalue weighted by atomic mass is 16.5. The summed E-state index contributed by atoms with van der Waals surface area (Å²) in [5, 5.41) is 5.15. The Kier molecular flexibility index (Phi) is 5.57. The summed E-state index contributed by atoms with van der Waals surface area (Å²) in [7, 11) is 0. The fourth-order valence-corrected chi connectivity index (χ4v) is 3.00. The van der Waals surface area contributed by atoms with Crippen molar-refractivity contribution in [1.29, 1.82) is 0 Å². The third kappa shape index (κ3) is 4.05. The first-order chi connectivity index (χ1) is 12.6. The maximum atomic E-state index is 12.6. The van der Waals surface area contributed by atoms with Gasteiger partial charge in [0.25, 0.3) is 5.91 Å². The monoisotopic (exact) mass is 347 g/mol. The van der Waals surface area contributed by atoms with Gasteiger partial charge < -0.3 is 10.1 Å². The Morgan fingerprint density at radius 3 is 2.38 bits per heavy atom. The van der Waals surface area contributed by atoms with Crippen LogP contribution in [0, 0.1) is 0 Å². The number of hydrogen-bond donors (Lipinski definition) is 1. The van der Waals surface area contributed by atoms with Crippen LogP contribution in [0.4, 0.5) is 0 Å². The first-order valence-electron chi connectivity index (χ1n) is 9.12. The first kappa shape index (κ1) is 18.0. The quantitative estimate of drug-likeness (QED) is 0.678. The molecule has 0 bridgehead atoms. The standard InChI is InChI=1S/C23H25NO2/c1-4-18-12-14-19(15-13-18)16(2)24-23(25)17(3)26-22-11-7-9-20-8-5-6-10-21(20)22/h5-17H,4H2,1-3H3,(H,24,25)/t16-,17+/m0/s1. The van der Waals surface area contributed by atoms with Gasteiger partial charge in [0.1, 0.15) is 5.75 Å². The van der Waals surface area contributed by atoms with Crippen LogP contribution in [0.5, 0.6) is 5.75 Å². The van der Waals surface area contributed by atoms with E-state index in [1.807, 2.05) is 49.4 Å². The van der Waals surface area contributed by atoms with Crippen LogP contribution in [-0.2, 0) is 11.2 Å². The molecule has 0 aliphatic rings. The molecule has 26 heavy (non-hydrogen) atoms. The molecular formula is C23H25NO2. The number of carbonyl (C=O) groups is 1. The van der Waals surface area contributed by atoms with Gasteiger partial charge in [-0.1, -0.05) is 67.6 Å². The zero-order valence-electron chi connectivity index (χ0n) is 15.5. The van der Waals surface area contributed by atoms with Crippen molar-refractivity contribution in [1.82, 2.24) is 5.32 Å². The minimum absolute atomic E-state index is 0.0630. The highest BCUT2D eigenvalue weighted by molar-refractivity contribution is 5.89. The second kappa shape index (κ2) is 8.05.